The molecule has 0 fully saturated rings. The van der Waals surface area contributed by atoms with Crippen LogP contribution in [0, 0.1) is 11.8 Å². The molecule has 0 saturated carbocycles. The zero-order chi connectivity index (χ0) is 11.7. The Bertz CT molecular complexity index is 211. The van der Waals surface area contributed by atoms with Gasteiger partial charge >= 0.3 is 0 Å². The highest BCUT2D eigenvalue weighted by atomic mass is 16.7. The predicted molar refractivity (Wildman–Crippen MR) is 62.4 cm³/mol. The van der Waals surface area contributed by atoms with E-state index in [0.717, 1.165) is 12.8 Å². The van der Waals surface area contributed by atoms with Crippen molar-refractivity contribution in [3.05, 3.63) is 0 Å². The highest BCUT2D eigenvalue weighted by Crippen LogP contribution is 2.12. The monoisotopic (exact) mass is 213 g/mol. The minimum Gasteiger partial charge on any atom is -0.330 e. The zero-order valence-electron chi connectivity index (χ0n) is 10.6. The molecule has 0 aromatic carbocycles. The van der Waals surface area contributed by atoms with Gasteiger partial charge in [-0.25, -0.2) is 4.90 Å². The summed E-state index contributed by atoms with van der Waals surface area (Å²) in [4.78, 5) is 1.82. The molecule has 88 valence electrons. The number of hydrogen-bond donors (Lipinski definition) is 0. The van der Waals surface area contributed by atoms with Crippen LogP contribution in [0.5, 0.6) is 0 Å². The fourth-order valence-corrected chi connectivity index (χ4v) is 1.30. The molecule has 15 heavy (non-hydrogen) atoms. The number of methoxy groups -OCH3 is 2. The summed E-state index contributed by atoms with van der Waals surface area (Å²) in [5, 5.41) is 0. The van der Waals surface area contributed by atoms with Gasteiger partial charge in [0.15, 0.2) is 0 Å². The minimum atomic E-state index is -0.897. The Kier molecular flexibility index (Phi) is 7.41. The second kappa shape index (κ2) is 7.70. The van der Waals surface area contributed by atoms with Gasteiger partial charge in [0.1, 0.15) is 0 Å². The number of ether oxygens (including phenoxy) is 2. The Morgan fingerprint density at radius 2 is 1.73 bits per heavy atom. The molecule has 0 aromatic rings. The molecule has 0 unspecified atom stereocenters. The largest absolute Gasteiger partial charge is 0.330 e. The van der Waals surface area contributed by atoms with Crippen LogP contribution in [0.4, 0.5) is 0 Å². The van der Waals surface area contributed by atoms with Gasteiger partial charge in [-0.3, -0.25) is 0 Å². The van der Waals surface area contributed by atoms with Crippen LogP contribution in [0.3, 0.4) is 0 Å². The number of unbranched alkanes of at least 4 members (excludes halogenated alkanes) is 3. The maximum atomic E-state index is 5.29. The van der Waals surface area contributed by atoms with Gasteiger partial charge < -0.3 is 9.47 Å². The fourth-order valence-electron chi connectivity index (χ4n) is 1.30. The van der Waals surface area contributed by atoms with Crippen LogP contribution in [0.2, 0.25) is 0 Å². The van der Waals surface area contributed by atoms with E-state index < -0.39 is 5.91 Å². The first-order valence-electron chi connectivity index (χ1n) is 5.40. The van der Waals surface area contributed by atoms with Gasteiger partial charge in [0.25, 0.3) is 5.91 Å². The summed E-state index contributed by atoms with van der Waals surface area (Å²) in [5.74, 6) is 5.23. The molecule has 0 rings (SSSR count). The number of rotatable bonds is 6. The van der Waals surface area contributed by atoms with Crippen LogP contribution < -0.4 is 0 Å². The Labute approximate surface area is 93.7 Å². The third kappa shape index (κ3) is 4.65. The van der Waals surface area contributed by atoms with Crippen LogP contribution in [0.1, 0.15) is 32.6 Å². The van der Waals surface area contributed by atoms with Crippen LogP contribution in [0.25, 0.3) is 0 Å². The third-order valence-electron chi connectivity index (χ3n) is 2.29. The number of hydrogen-bond acceptors (Lipinski definition) is 3. The average molecular weight is 213 g/mol. The predicted octanol–water partition coefficient (Wildman–Crippen LogP) is 2.08. The molecule has 0 atom stereocenters. The van der Waals surface area contributed by atoms with Crippen molar-refractivity contribution in [2.24, 2.45) is 0 Å². The van der Waals surface area contributed by atoms with Crippen molar-refractivity contribution in [2.45, 2.75) is 38.5 Å². The summed E-state index contributed by atoms with van der Waals surface area (Å²) < 4.78 is 10.6. The van der Waals surface area contributed by atoms with Gasteiger partial charge in [0, 0.05) is 20.6 Å². The molecular weight excluding hydrogens is 190 g/mol. The van der Waals surface area contributed by atoms with Crippen molar-refractivity contribution in [3.63, 3.8) is 0 Å². The molecule has 0 aliphatic heterocycles. The Hall–Kier alpha value is -0.560. The lowest BCUT2D eigenvalue weighted by Gasteiger charge is -2.31. The molecule has 0 spiro atoms. The zero-order valence-corrected chi connectivity index (χ0v) is 10.6. The lowest BCUT2D eigenvalue weighted by Crippen LogP contribution is -2.46. The molecule has 0 aliphatic rings. The maximum Gasteiger partial charge on any atom is 0.297 e. The van der Waals surface area contributed by atoms with Crippen molar-refractivity contribution in [2.75, 3.05) is 28.3 Å². The fraction of sp³-hybridized carbons (Fsp3) is 0.833. The topological polar surface area (TPSA) is 21.7 Å². The van der Waals surface area contributed by atoms with Crippen molar-refractivity contribution in [1.29, 1.82) is 0 Å². The SMILES string of the molecule is CCCCCC#CC(OC)(OC)N(C)C. The highest BCUT2D eigenvalue weighted by molar-refractivity contribution is 5.09. The molecule has 0 amide bonds. The molecule has 3 nitrogen and oxygen atoms in total. The van der Waals surface area contributed by atoms with Gasteiger partial charge in [-0.15, -0.1) is 0 Å². The minimum absolute atomic E-state index is 0.897. The number of nitrogens with zero attached hydrogens (tertiary/aromatic N) is 1. The van der Waals surface area contributed by atoms with E-state index in [1.54, 1.807) is 14.2 Å². The van der Waals surface area contributed by atoms with Crippen molar-refractivity contribution in [3.8, 4) is 11.8 Å². The molecule has 0 heterocycles. The second-order valence-electron chi connectivity index (χ2n) is 3.64. The summed E-state index contributed by atoms with van der Waals surface area (Å²) in [6, 6.07) is 0. The van der Waals surface area contributed by atoms with E-state index in [1.807, 2.05) is 19.0 Å². The smallest absolute Gasteiger partial charge is 0.297 e. The normalized spacial score (nSPS) is 11.3. The van der Waals surface area contributed by atoms with E-state index in [9.17, 15) is 0 Å². The van der Waals surface area contributed by atoms with Crippen molar-refractivity contribution < 1.29 is 9.47 Å². The first kappa shape index (κ1) is 14.4. The highest BCUT2D eigenvalue weighted by Gasteiger charge is 2.29. The van der Waals surface area contributed by atoms with Gasteiger partial charge in [0.2, 0.25) is 0 Å². The first-order valence-corrected chi connectivity index (χ1v) is 5.40. The summed E-state index contributed by atoms with van der Waals surface area (Å²) in [5.41, 5.74) is 0. The lowest BCUT2D eigenvalue weighted by atomic mass is 10.2. The summed E-state index contributed by atoms with van der Waals surface area (Å²) in [7, 11) is 6.97. The van der Waals surface area contributed by atoms with E-state index in [-0.39, 0.29) is 0 Å². The Balaban J connectivity index is 4.26. The Morgan fingerprint density at radius 1 is 1.13 bits per heavy atom. The van der Waals surface area contributed by atoms with E-state index in [1.165, 1.54) is 12.8 Å². The maximum absolute atomic E-state index is 5.29. The molecule has 0 radical (unpaired) electrons. The van der Waals surface area contributed by atoms with Gasteiger partial charge in [-0.1, -0.05) is 25.7 Å². The third-order valence-corrected chi connectivity index (χ3v) is 2.29. The molecule has 0 saturated heterocycles. The molecule has 3 heteroatoms. The van der Waals surface area contributed by atoms with E-state index in [4.69, 9.17) is 9.47 Å². The lowest BCUT2D eigenvalue weighted by molar-refractivity contribution is -0.240. The van der Waals surface area contributed by atoms with Gasteiger partial charge in [0.05, 0.1) is 0 Å². The second-order valence-corrected chi connectivity index (χ2v) is 3.64. The molecule has 0 N–H and O–H groups in total. The van der Waals surface area contributed by atoms with E-state index >= 15 is 0 Å². The summed E-state index contributed by atoms with van der Waals surface area (Å²) in [6.45, 7) is 2.18. The van der Waals surface area contributed by atoms with Crippen molar-refractivity contribution in [1.82, 2.24) is 4.90 Å². The van der Waals surface area contributed by atoms with Gasteiger partial charge in [-0.05, 0) is 26.4 Å². The van der Waals surface area contributed by atoms with Crippen LogP contribution >= 0.6 is 0 Å². The van der Waals surface area contributed by atoms with Crippen LogP contribution in [-0.2, 0) is 9.47 Å². The summed E-state index contributed by atoms with van der Waals surface area (Å²) in [6.07, 6.45) is 4.48. The quantitative estimate of drug-likeness (QED) is 0.383. The first-order chi connectivity index (χ1) is 7.13. The average Bonchev–Trinajstić information content (AvgIpc) is 2.23. The molecule has 0 aliphatic carbocycles. The Morgan fingerprint density at radius 3 is 2.13 bits per heavy atom. The van der Waals surface area contributed by atoms with E-state index in [0.29, 0.717) is 0 Å². The summed E-state index contributed by atoms with van der Waals surface area (Å²) >= 11 is 0. The molecule has 0 aromatic heterocycles. The van der Waals surface area contributed by atoms with Crippen LogP contribution in [0.15, 0.2) is 0 Å². The van der Waals surface area contributed by atoms with Gasteiger partial charge in [-0.2, -0.15) is 0 Å². The van der Waals surface area contributed by atoms with E-state index in [2.05, 4.69) is 18.8 Å². The van der Waals surface area contributed by atoms with Crippen LogP contribution in [-0.4, -0.2) is 39.1 Å². The molecule has 0 bridgehead atoms. The molecular formula is C12H23NO2. The standard InChI is InChI=1S/C12H23NO2/c1-6-7-8-9-10-11-12(14-4,15-5)13(2)3/h6-9H2,1-5H3. The van der Waals surface area contributed by atoms with Crippen molar-refractivity contribution >= 4 is 0 Å².